The van der Waals surface area contributed by atoms with Gasteiger partial charge in [0.25, 0.3) is 0 Å². The maximum Gasteiger partial charge on any atom is 0.225 e. The normalized spacial score (nSPS) is 16.8. The highest BCUT2D eigenvalue weighted by Crippen LogP contribution is 2.35. The van der Waals surface area contributed by atoms with E-state index in [1.54, 1.807) is 36.7 Å². The number of hydrogen-bond acceptors (Lipinski definition) is 11. The van der Waals surface area contributed by atoms with Crippen molar-refractivity contribution in [1.29, 1.82) is 10.7 Å². The molecule has 0 amide bonds. The lowest BCUT2D eigenvalue weighted by atomic mass is 10.1. The predicted molar refractivity (Wildman–Crippen MR) is 159 cm³/mol. The lowest BCUT2D eigenvalue weighted by molar-refractivity contribution is 0.145. The number of halogens is 1. The summed E-state index contributed by atoms with van der Waals surface area (Å²) in [6.07, 6.45) is 8.02. The Morgan fingerprint density at radius 1 is 1.17 bits per heavy atom. The van der Waals surface area contributed by atoms with E-state index in [-0.39, 0.29) is 17.6 Å². The number of aliphatic hydroxyl groups is 1. The summed E-state index contributed by atoms with van der Waals surface area (Å²) in [5.41, 5.74) is 3.12. The minimum absolute atomic E-state index is 0.225. The minimum atomic E-state index is -0.360. The molecule has 12 heteroatoms. The molecule has 0 bridgehead atoms. The third-order valence-corrected chi connectivity index (χ3v) is 7.78. The third-order valence-electron chi connectivity index (χ3n) is 6.80. The number of aromatic nitrogens is 3. The Balaban J connectivity index is 1.50. The van der Waals surface area contributed by atoms with Crippen LogP contribution in [0.3, 0.4) is 0 Å². The number of thiazole rings is 1. The monoisotopic (exact) mass is 571 g/mol. The summed E-state index contributed by atoms with van der Waals surface area (Å²) in [7, 11) is 0. The number of hydrogen-bond donors (Lipinski definition) is 3. The van der Waals surface area contributed by atoms with Crippen molar-refractivity contribution in [3.63, 3.8) is 0 Å². The van der Waals surface area contributed by atoms with E-state index in [4.69, 9.17) is 15.4 Å². The molecule has 3 N–H and O–H groups in total. The molecule has 1 saturated heterocycles. The zero-order chi connectivity index (χ0) is 28.9. The molecule has 5 rings (SSSR count). The number of aliphatic imine (C=N–C) groups is 1. The number of allylic oxidation sites excluding steroid dienone is 2. The summed E-state index contributed by atoms with van der Waals surface area (Å²) in [5.74, 6) is 0.847. The van der Waals surface area contributed by atoms with Crippen molar-refractivity contribution in [2.75, 3.05) is 36.0 Å². The first kappa shape index (κ1) is 28.1. The van der Waals surface area contributed by atoms with Crippen molar-refractivity contribution in [3.05, 3.63) is 76.6 Å². The first-order valence-electron chi connectivity index (χ1n) is 13.5. The zero-order valence-corrected chi connectivity index (χ0v) is 23.6. The third kappa shape index (κ3) is 6.01. The lowest BCUT2D eigenvalue weighted by Crippen LogP contribution is -2.36. The topological polar surface area (TPSA) is 137 Å². The predicted octanol–water partition coefficient (Wildman–Crippen LogP) is 4.26. The molecule has 0 aliphatic carbocycles. The van der Waals surface area contributed by atoms with Gasteiger partial charge in [0.1, 0.15) is 34.0 Å². The fraction of sp³-hybridized carbons (Fsp3) is 0.310. The van der Waals surface area contributed by atoms with E-state index < -0.39 is 0 Å². The van der Waals surface area contributed by atoms with Crippen LogP contribution in [-0.2, 0) is 0 Å². The number of nitrogens with one attached hydrogen (secondary N) is 2. The summed E-state index contributed by atoms with van der Waals surface area (Å²) in [6.45, 7) is 6.40. The van der Waals surface area contributed by atoms with Crippen LogP contribution in [0.4, 0.5) is 15.5 Å². The van der Waals surface area contributed by atoms with E-state index in [1.807, 2.05) is 18.7 Å². The number of nitriles is 1. The second-order valence-electron chi connectivity index (χ2n) is 9.50. The van der Waals surface area contributed by atoms with Gasteiger partial charge in [-0.25, -0.2) is 24.3 Å². The van der Waals surface area contributed by atoms with Crippen molar-refractivity contribution in [2.45, 2.75) is 32.8 Å². The zero-order valence-electron chi connectivity index (χ0n) is 22.8. The maximum absolute atomic E-state index is 13.5. The van der Waals surface area contributed by atoms with E-state index in [9.17, 15) is 14.8 Å². The average Bonchev–Trinajstić information content (AvgIpc) is 3.42. The van der Waals surface area contributed by atoms with Crippen LogP contribution in [0.25, 0.3) is 11.3 Å². The van der Waals surface area contributed by atoms with Crippen molar-refractivity contribution < 1.29 is 9.50 Å². The molecule has 0 atom stereocenters. The van der Waals surface area contributed by atoms with Gasteiger partial charge in [-0.1, -0.05) is 11.3 Å². The first-order chi connectivity index (χ1) is 19.9. The molecule has 0 saturated carbocycles. The summed E-state index contributed by atoms with van der Waals surface area (Å²) in [6, 6.07) is 8.12. The number of anilines is 2. The van der Waals surface area contributed by atoms with Gasteiger partial charge in [-0.3, -0.25) is 5.41 Å². The molecular weight excluding hydrogens is 541 g/mol. The Bertz CT molecular complexity index is 1550. The van der Waals surface area contributed by atoms with Gasteiger partial charge in [0.2, 0.25) is 5.95 Å². The standard InChI is InChI=1S/C29H30FN9OS/c1-3-33-27(39(4-2)29-37-25(24(15-31)41-29)18-5-7-20(30)8-6-18)26-22(32)9-10-23(36-26)19-16-34-28(35-17-19)38-13-11-21(40)12-14-38/h5-10,16-17,21,32-33,40H,3-4,11-14H2,1-2H3/b27-26-,32-22?. The summed E-state index contributed by atoms with van der Waals surface area (Å²) in [4.78, 5) is 23.1. The van der Waals surface area contributed by atoms with Crippen LogP contribution in [0.2, 0.25) is 0 Å². The Kier molecular flexibility index (Phi) is 8.47. The smallest absolute Gasteiger partial charge is 0.225 e. The maximum atomic E-state index is 13.5. The van der Waals surface area contributed by atoms with Crippen molar-refractivity contribution in [1.82, 2.24) is 20.3 Å². The van der Waals surface area contributed by atoms with E-state index in [0.717, 1.165) is 0 Å². The molecule has 41 heavy (non-hydrogen) atoms. The molecule has 10 nitrogen and oxygen atoms in total. The largest absolute Gasteiger partial charge is 0.393 e. The van der Waals surface area contributed by atoms with Gasteiger partial charge in [0.05, 0.1) is 17.5 Å². The highest BCUT2D eigenvalue weighted by Gasteiger charge is 2.25. The van der Waals surface area contributed by atoms with Gasteiger partial charge in [0.15, 0.2) is 5.13 Å². The Hall–Kier alpha value is -4.47. The highest BCUT2D eigenvalue weighted by atomic mass is 32.1. The summed E-state index contributed by atoms with van der Waals surface area (Å²) in [5, 5.41) is 32.2. The second kappa shape index (κ2) is 12.4. The van der Waals surface area contributed by atoms with Crippen LogP contribution in [0.5, 0.6) is 0 Å². The van der Waals surface area contributed by atoms with Gasteiger partial charge >= 0.3 is 0 Å². The van der Waals surface area contributed by atoms with E-state index in [1.165, 1.54) is 23.5 Å². The minimum Gasteiger partial charge on any atom is -0.393 e. The Morgan fingerprint density at radius 2 is 1.88 bits per heavy atom. The van der Waals surface area contributed by atoms with Crippen molar-refractivity contribution >= 4 is 33.8 Å². The van der Waals surface area contributed by atoms with E-state index in [0.29, 0.717) is 89.0 Å². The highest BCUT2D eigenvalue weighted by molar-refractivity contribution is 7.16. The molecule has 210 valence electrons. The quantitative estimate of drug-likeness (QED) is 0.365. The summed E-state index contributed by atoms with van der Waals surface area (Å²) >= 11 is 1.23. The number of piperidine rings is 1. The second-order valence-corrected chi connectivity index (χ2v) is 10.5. The van der Waals surface area contributed by atoms with Crippen LogP contribution in [0.15, 0.2) is 65.3 Å². The number of rotatable bonds is 8. The van der Waals surface area contributed by atoms with Gasteiger partial charge in [0, 0.05) is 49.7 Å². The van der Waals surface area contributed by atoms with Crippen LogP contribution in [0.1, 0.15) is 37.1 Å². The molecule has 0 unspecified atom stereocenters. The molecule has 3 aromatic rings. The molecular formula is C29H30FN9OS. The van der Waals surface area contributed by atoms with Gasteiger partial charge in [-0.2, -0.15) is 5.26 Å². The number of aliphatic hydroxyl groups excluding tert-OH is 1. The molecule has 0 spiro atoms. The number of nitrogens with zero attached hydrogens (tertiary/aromatic N) is 7. The molecule has 2 aromatic heterocycles. The first-order valence-corrected chi connectivity index (χ1v) is 14.3. The van der Waals surface area contributed by atoms with E-state index >= 15 is 0 Å². The van der Waals surface area contributed by atoms with Crippen LogP contribution < -0.4 is 15.1 Å². The number of benzene rings is 1. The van der Waals surface area contributed by atoms with Crippen LogP contribution >= 0.6 is 11.3 Å². The number of dihydropyridines is 1. The molecule has 0 radical (unpaired) electrons. The molecule has 2 aliphatic rings. The SMILES string of the molecule is CCN/C(=C1/N=C(c2cnc(N3CCC(O)CC3)nc2)C=CC1=N)N(CC)c1nc(-c2ccc(F)cc2)c(C#N)s1. The molecule has 2 aliphatic heterocycles. The van der Waals surface area contributed by atoms with Crippen molar-refractivity contribution in [2.24, 2.45) is 4.99 Å². The van der Waals surface area contributed by atoms with Gasteiger partial charge in [-0.15, -0.1) is 0 Å². The Labute approximate surface area is 241 Å². The summed E-state index contributed by atoms with van der Waals surface area (Å²) < 4.78 is 13.5. The molecule has 1 aromatic carbocycles. The Morgan fingerprint density at radius 3 is 2.51 bits per heavy atom. The fourth-order valence-corrected chi connectivity index (χ4v) is 5.61. The molecule has 4 heterocycles. The van der Waals surface area contributed by atoms with Gasteiger partial charge in [-0.05, 0) is 63.1 Å². The fourth-order valence-electron chi connectivity index (χ4n) is 4.65. The average molecular weight is 572 g/mol. The van der Waals surface area contributed by atoms with Gasteiger partial charge < -0.3 is 20.2 Å². The van der Waals surface area contributed by atoms with Crippen LogP contribution in [0, 0.1) is 22.6 Å². The van der Waals surface area contributed by atoms with Crippen LogP contribution in [-0.4, -0.2) is 63.8 Å². The van der Waals surface area contributed by atoms with Crippen molar-refractivity contribution in [3.8, 4) is 17.3 Å². The van der Waals surface area contributed by atoms with E-state index in [2.05, 4.69) is 26.3 Å². The lowest BCUT2D eigenvalue weighted by Gasteiger charge is -2.29. The molecule has 1 fully saturated rings.